The SMILES string of the molecule is Cc1ccc(-[n+]2[nH]oc(=O)c2SCC(=O)Nc2ccc(C)c(C)c2)cc1. The van der Waals surface area contributed by atoms with Crippen LogP contribution in [0.15, 0.2) is 56.8 Å². The minimum absolute atomic E-state index is 0.0986. The molecule has 0 fully saturated rings. The van der Waals surface area contributed by atoms with Gasteiger partial charge in [0.2, 0.25) is 11.6 Å². The van der Waals surface area contributed by atoms with Crippen LogP contribution in [-0.2, 0) is 4.79 Å². The summed E-state index contributed by atoms with van der Waals surface area (Å²) in [4.78, 5) is 24.2. The first kappa shape index (κ1) is 18.0. The zero-order chi connectivity index (χ0) is 18.7. The Hall–Kier alpha value is -2.80. The van der Waals surface area contributed by atoms with Crippen molar-refractivity contribution >= 4 is 23.4 Å². The monoisotopic (exact) mass is 370 g/mol. The summed E-state index contributed by atoms with van der Waals surface area (Å²) in [6.45, 7) is 6.00. The van der Waals surface area contributed by atoms with E-state index >= 15 is 0 Å². The van der Waals surface area contributed by atoms with Crippen molar-refractivity contribution in [2.45, 2.75) is 25.8 Å². The Balaban J connectivity index is 1.70. The standard InChI is InChI=1S/C19H19N3O3S/c1-12-4-8-16(9-5-12)22-18(19(24)25-21-22)26-11-17(23)20-15-7-6-13(2)14(3)10-15/h4-10H,11H2,1-3H3,(H-,20,21,23,24)/p+1. The zero-order valence-corrected chi connectivity index (χ0v) is 15.6. The molecule has 6 nitrogen and oxygen atoms in total. The number of aryl methyl sites for hydroxylation is 3. The normalized spacial score (nSPS) is 10.7. The number of nitrogens with zero attached hydrogens (tertiary/aromatic N) is 1. The Labute approximate surface area is 155 Å². The van der Waals surface area contributed by atoms with Gasteiger partial charge in [-0.05, 0) is 65.7 Å². The highest BCUT2D eigenvalue weighted by Crippen LogP contribution is 2.16. The third-order valence-electron chi connectivity index (χ3n) is 4.03. The number of aromatic amines is 1. The maximum Gasteiger partial charge on any atom is 0.442 e. The molecule has 1 aromatic heterocycles. The van der Waals surface area contributed by atoms with E-state index in [1.165, 1.54) is 10.2 Å². The summed E-state index contributed by atoms with van der Waals surface area (Å²) < 4.78 is 6.43. The van der Waals surface area contributed by atoms with Crippen LogP contribution in [-0.4, -0.2) is 16.9 Å². The van der Waals surface area contributed by atoms with Gasteiger partial charge in [-0.1, -0.05) is 23.8 Å². The molecule has 2 N–H and O–H groups in total. The van der Waals surface area contributed by atoms with Gasteiger partial charge < -0.3 is 5.32 Å². The molecule has 0 atom stereocenters. The van der Waals surface area contributed by atoms with Crippen LogP contribution in [0.1, 0.15) is 16.7 Å². The number of anilines is 1. The maximum atomic E-state index is 12.2. The molecule has 0 saturated heterocycles. The fourth-order valence-corrected chi connectivity index (χ4v) is 3.17. The fourth-order valence-electron chi connectivity index (χ4n) is 2.40. The number of hydrogen-bond donors (Lipinski definition) is 2. The van der Waals surface area contributed by atoms with Crippen molar-refractivity contribution in [1.82, 2.24) is 5.27 Å². The highest BCUT2D eigenvalue weighted by molar-refractivity contribution is 7.99. The molecule has 0 unspecified atom stereocenters. The first-order chi connectivity index (χ1) is 12.4. The van der Waals surface area contributed by atoms with E-state index in [9.17, 15) is 9.59 Å². The van der Waals surface area contributed by atoms with Gasteiger partial charge in [0, 0.05) is 17.8 Å². The molecule has 0 saturated carbocycles. The zero-order valence-electron chi connectivity index (χ0n) is 14.8. The molecule has 134 valence electrons. The predicted molar refractivity (Wildman–Crippen MR) is 101 cm³/mol. The van der Waals surface area contributed by atoms with Crippen molar-refractivity contribution in [2.75, 3.05) is 11.1 Å². The second kappa shape index (κ2) is 7.61. The van der Waals surface area contributed by atoms with Crippen LogP contribution >= 0.6 is 11.8 Å². The van der Waals surface area contributed by atoms with Crippen molar-refractivity contribution in [2.24, 2.45) is 0 Å². The van der Waals surface area contributed by atoms with Crippen LogP contribution in [0.2, 0.25) is 0 Å². The van der Waals surface area contributed by atoms with Crippen LogP contribution in [0.3, 0.4) is 0 Å². The van der Waals surface area contributed by atoms with Crippen molar-refractivity contribution < 1.29 is 14.0 Å². The van der Waals surface area contributed by atoms with E-state index < -0.39 is 5.63 Å². The Morgan fingerprint density at radius 2 is 1.85 bits per heavy atom. The number of carbonyl (C=O) groups is 1. The lowest BCUT2D eigenvalue weighted by atomic mass is 10.1. The van der Waals surface area contributed by atoms with E-state index in [0.717, 1.165) is 34.3 Å². The first-order valence-electron chi connectivity index (χ1n) is 8.14. The number of benzene rings is 2. The molecule has 7 heteroatoms. The molecule has 0 aliphatic heterocycles. The number of carbonyl (C=O) groups excluding carboxylic acids is 1. The van der Waals surface area contributed by atoms with E-state index in [4.69, 9.17) is 4.52 Å². The summed E-state index contributed by atoms with van der Waals surface area (Å²) in [7, 11) is 0. The molecule has 26 heavy (non-hydrogen) atoms. The first-order valence-corrected chi connectivity index (χ1v) is 9.13. The summed E-state index contributed by atoms with van der Waals surface area (Å²) in [5, 5.41) is 5.74. The van der Waals surface area contributed by atoms with Crippen LogP contribution in [0.25, 0.3) is 5.69 Å². The van der Waals surface area contributed by atoms with Crippen LogP contribution < -0.4 is 15.6 Å². The summed E-state index contributed by atoms with van der Waals surface area (Å²) >= 11 is 1.13. The van der Waals surface area contributed by atoms with Crippen LogP contribution in [0.5, 0.6) is 0 Å². The summed E-state index contributed by atoms with van der Waals surface area (Å²) in [6.07, 6.45) is 0. The van der Waals surface area contributed by atoms with Crippen molar-refractivity contribution in [3.05, 3.63) is 69.6 Å². The minimum atomic E-state index is -0.505. The molecule has 0 radical (unpaired) electrons. The van der Waals surface area contributed by atoms with E-state index in [1.807, 2.05) is 63.2 Å². The average molecular weight is 370 g/mol. The lowest BCUT2D eigenvalue weighted by Gasteiger charge is -2.06. The van der Waals surface area contributed by atoms with E-state index in [1.54, 1.807) is 0 Å². The van der Waals surface area contributed by atoms with Crippen LogP contribution in [0, 0.1) is 20.8 Å². The molecule has 0 bridgehead atoms. The molecule has 2 aromatic carbocycles. The molecule has 1 amide bonds. The minimum Gasteiger partial charge on any atom is -0.325 e. The van der Waals surface area contributed by atoms with Crippen molar-refractivity contribution in [3.8, 4) is 5.69 Å². The van der Waals surface area contributed by atoms with E-state index in [-0.39, 0.29) is 11.7 Å². The molecule has 0 aliphatic carbocycles. The Kier molecular flexibility index (Phi) is 5.27. The molecule has 0 aliphatic rings. The third kappa shape index (κ3) is 4.05. The molecular formula is C19H20N3O3S+. The van der Waals surface area contributed by atoms with Crippen molar-refractivity contribution in [1.29, 1.82) is 0 Å². The van der Waals surface area contributed by atoms with Gasteiger partial charge in [-0.3, -0.25) is 9.32 Å². The Morgan fingerprint density at radius 3 is 2.54 bits per heavy atom. The summed E-state index contributed by atoms with van der Waals surface area (Å²) in [5.74, 6) is -0.0872. The third-order valence-corrected chi connectivity index (χ3v) is 5.06. The Morgan fingerprint density at radius 1 is 1.12 bits per heavy atom. The number of aromatic nitrogens is 2. The summed E-state index contributed by atoms with van der Waals surface area (Å²) in [6, 6.07) is 13.4. The second-order valence-corrected chi connectivity index (χ2v) is 7.06. The van der Waals surface area contributed by atoms with E-state index in [0.29, 0.717) is 5.03 Å². The van der Waals surface area contributed by atoms with Gasteiger partial charge in [-0.2, -0.15) is 0 Å². The number of nitrogens with one attached hydrogen (secondary N) is 2. The lowest BCUT2D eigenvalue weighted by molar-refractivity contribution is -0.704. The largest absolute Gasteiger partial charge is 0.442 e. The van der Waals surface area contributed by atoms with Gasteiger partial charge in [0.05, 0.1) is 5.75 Å². The highest BCUT2D eigenvalue weighted by Gasteiger charge is 2.24. The number of hydrogen-bond acceptors (Lipinski definition) is 4. The van der Waals surface area contributed by atoms with Gasteiger partial charge in [-0.25, -0.2) is 4.79 Å². The van der Waals surface area contributed by atoms with Gasteiger partial charge >= 0.3 is 10.7 Å². The predicted octanol–water partition coefficient (Wildman–Crippen LogP) is 2.90. The second-order valence-electron chi connectivity index (χ2n) is 6.09. The summed E-state index contributed by atoms with van der Waals surface area (Å²) in [5.41, 5.74) is 4.39. The highest BCUT2D eigenvalue weighted by atomic mass is 32.2. The van der Waals surface area contributed by atoms with Gasteiger partial charge in [-0.15, -0.1) is 0 Å². The molecule has 0 spiro atoms. The van der Waals surface area contributed by atoms with Gasteiger partial charge in [0.1, 0.15) is 0 Å². The average Bonchev–Trinajstić information content (AvgIpc) is 2.98. The van der Waals surface area contributed by atoms with Crippen molar-refractivity contribution in [3.63, 3.8) is 0 Å². The number of H-pyrrole nitrogens is 1. The molecule has 3 aromatic rings. The van der Waals surface area contributed by atoms with Crippen LogP contribution in [0.4, 0.5) is 5.69 Å². The van der Waals surface area contributed by atoms with Gasteiger partial charge in [0.15, 0.2) is 0 Å². The quantitative estimate of drug-likeness (QED) is 0.535. The smallest absolute Gasteiger partial charge is 0.325 e. The Bertz CT molecular complexity index is 990. The number of amides is 1. The van der Waals surface area contributed by atoms with E-state index in [2.05, 4.69) is 10.6 Å². The number of rotatable bonds is 5. The van der Waals surface area contributed by atoms with Gasteiger partial charge in [0.25, 0.3) is 0 Å². The lowest BCUT2D eigenvalue weighted by Crippen LogP contribution is -2.36. The fraction of sp³-hybridized carbons (Fsp3) is 0.211. The molecule has 1 heterocycles. The number of thioether (sulfide) groups is 1. The molecular weight excluding hydrogens is 350 g/mol. The molecule has 3 rings (SSSR count). The topological polar surface area (TPSA) is 79.0 Å². The maximum absolute atomic E-state index is 12.2.